The summed E-state index contributed by atoms with van der Waals surface area (Å²) < 4.78 is 1.45. The standard InChI is InChI=1S/C33H33Cl2NO3S2/c1-4-20-9-7-10-22(28(20)24-13-15-26-30(36-24)29(34)31(35)41-26)25(40-19-33(16-17-33)18-27(37)38)14-12-21-8-5-6-11-23(21)32(2,3)39/h4-11,13,15,25,39H,1,12,14,16-19H2,2-3H3,(H,37,38)/t25-/m1/s1. The van der Waals surface area contributed by atoms with Crippen LogP contribution in [0.5, 0.6) is 0 Å². The number of carboxylic acids is 1. The molecular weight excluding hydrogens is 593 g/mol. The molecule has 0 amide bonds. The van der Waals surface area contributed by atoms with Crippen LogP contribution < -0.4 is 0 Å². The average Bonchev–Trinajstić information content (AvgIpc) is 3.64. The second-order valence-corrected chi connectivity index (χ2v) is 14.6. The van der Waals surface area contributed by atoms with Crippen molar-refractivity contribution in [2.45, 2.75) is 56.8 Å². The van der Waals surface area contributed by atoms with Gasteiger partial charge in [0.1, 0.15) is 9.85 Å². The topological polar surface area (TPSA) is 70.4 Å². The van der Waals surface area contributed by atoms with Crippen molar-refractivity contribution in [3.8, 4) is 11.3 Å². The SMILES string of the molecule is C=Cc1cccc([C@@H](CCc2ccccc2C(C)(C)O)SCC2(CC(=O)O)CC2)c1-c1ccc2sc(Cl)c(Cl)c2n1. The van der Waals surface area contributed by atoms with E-state index >= 15 is 0 Å². The number of carbonyl (C=O) groups is 1. The third-order valence-electron chi connectivity index (χ3n) is 7.82. The Labute approximate surface area is 259 Å². The molecule has 5 rings (SSSR count). The second kappa shape index (κ2) is 12.1. The van der Waals surface area contributed by atoms with Crippen molar-refractivity contribution in [1.29, 1.82) is 0 Å². The third kappa shape index (κ3) is 6.68. The van der Waals surface area contributed by atoms with Crippen LogP contribution in [0.1, 0.15) is 67.0 Å². The van der Waals surface area contributed by atoms with Gasteiger partial charge in [-0.2, -0.15) is 11.8 Å². The van der Waals surface area contributed by atoms with Crippen LogP contribution in [0.4, 0.5) is 0 Å². The molecule has 2 N–H and O–H groups in total. The minimum atomic E-state index is -0.951. The Hall–Kier alpha value is -2.35. The number of rotatable bonds is 12. The van der Waals surface area contributed by atoms with Crippen LogP contribution in [0.3, 0.4) is 0 Å². The van der Waals surface area contributed by atoms with E-state index in [-0.39, 0.29) is 17.1 Å². The minimum Gasteiger partial charge on any atom is -0.481 e. The lowest BCUT2D eigenvalue weighted by molar-refractivity contribution is -0.138. The first-order valence-electron chi connectivity index (χ1n) is 13.7. The molecule has 0 unspecified atom stereocenters. The molecule has 214 valence electrons. The number of fused-ring (bicyclic) bond motifs is 1. The van der Waals surface area contributed by atoms with E-state index in [9.17, 15) is 15.0 Å². The molecule has 0 radical (unpaired) electrons. The molecule has 1 fully saturated rings. The molecule has 0 saturated heterocycles. The molecule has 41 heavy (non-hydrogen) atoms. The minimum absolute atomic E-state index is 0.0602. The number of thioether (sulfide) groups is 1. The summed E-state index contributed by atoms with van der Waals surface area (Å²) in [5, 5.41) is 20.9. The smallest absolute Gasteiger partial charge is 0.303 e. The molecule has 2 aromatic carbocycles. The van der Waals surface area contributed by atoms with Crippen LogP contribution >= 0.6 is 46.3 Å². The van der Waals surface area contributed by atoms with E-state index in [2.05, 4.69) is 18.7 Å². The monoisotopic (exact) mass is 625 g/mol. The first-order valence-corrected chi connectivity index (χ1v) is 16.3. The fourth-order valence-electron chi connectivity index (χ4n) is 5.48. The van der Waals surface area contributed by atoms with Crippen LogP contribution in [0.15, 0.2) is 61.2 Å². The van der Waals surface area contributed by atoms with Crippen molar-refractivity contribution in [1.82, 2.24) is 4.98 Å². The Morgan fingerprint density at radius 1 is 1.17 bits per heavy atom. The molecule has 1 aliphatic carbocycles. The van der Waals surface area contributed by atoms with Gasteiger partial charge in [0.15, 0.2) is 0 Å². The lowest BCUT2D eigenvalue weighted by Crippen LogP contribution is -2.18. The van der Waals surface area contributed by atoms with E-state index in [0.717, 1.165) is 69.6 Å². The van der Waals surface area contributed by atoms with Crippen molar-refractivity contribution in [2.75, 3.05) is 5.75 Å². The number of nitrogens with zero attached hydrogens (tertiary/aromatic N) is 1. The molecular formula is C33H33Cl2NO3S2. The molecule has 4 nitrogen and oxygen atoms in total. The first kappa shape index (κ1) is 30.1. The number of aromatic nitrogens is 1. The largest absolute Gasteiger partial charge is 0.481 e. The molecule has 8 heteroatoms. The summed E-state index contributed by atoms with van der Waals surface area (Å²) in [4.78, 5) is 16.6. The molecule has 0 spiro atoms. The summed E-state index contributed by atoms with van der Waals surface area (Å²) in [5.41, 5.74) is 5.52. The zero-order valence-electron chi connectivity index (χ0n) is 23.1. The molecule has 1 aliphatic rings. The summed E-state index contributed by atoms with van der Waals surface area (Å²) in [6.45, 7) is 7.72. The maximum atomic E-state index is 11.6. The maximum absolute atomic E-state index is 11.6. The normalized spacial score (nSPS) is 15.1. The number of thiophene rings is 1. The first-order chi connectivity index (χ1) is 19.5. The van der Waals surface area contributed by atoms with Gasteiger partial charge >= 0.3 is 5.97 Å². The Morgan fingerprint density at radius 2 is 1.93 bits per heavy atom. The summed E-state index contributed by atoms with van der Waals surface area (Å²) in [6, 6.07) is 18.3. The van der Waals surface area contributed by atoms with Gasteiger partial charge in [0.05, 0.1) is 27.4 Å². The number of carboxylic acid groups (broad SMARTS) is 1. The summed E-state index contributed by atoms with van der Waals surface area (Å²) >= 11 is 16.1. The van der Waals surface area contributed by atoms with Gasteiger partial charge in [0.2, 0.25) is 0 Å². The van der Waals surface area contributed by atoms with Crippen molar-refractivity contribution < 1.29 is 15.0 Å². The van der Waals surface area contributed by atoms with E-state index in [0.29, 0.717) is 14.9 Å². The van der Waals surface area contributed by atoms with Gasteiger partial charge in [-0.3, -0.25) is 4.79 Å². The lowest BCUT2D eigenvalue weighted by Gasteiger charge is -2.26. The highest BCUT2D eigenvalue weighted by atomic mass is 35.5. The quantitative estimate of drug-likeness (QED) is 0.164. The van der Waals surface area contributed by atoms with Crippen LogP contribution in [-0.2, 0) is 16.8 Å². The molecule has 1 atom stereocenters. The van der Waals surface area contributed by atoms with E-state index in [1.54, 1.807) is 0 Å². The Morgan fingerprint density at radius 3 is 2.61 bits per heavy atom. The number of halogens is 2. The third-order valence-corrected chi connectivity index (χ3v) is 11.4. The van der Waals surface area contributed by atoms with Gasteiger partial charge in [0.25, 0.3) is 0 Å². The van der Waals surface area contributed by atoms with Crippen molar-refractivity contribution >= 4 is 68.6 Å². The Balaban J connectivity index is 1.56. The highest BCUT2D eigenvalue weighted by molar-refractivity contribution is 7.99. The van der Waals surface area contributed by atoms with Gasteiger partial charge in [-0.25, -0.2) is 4.98 Å². The summed E-state index contributed by atoms with van der Waals surface area (Å²) in [5.74, 6) is 0.0321. The summed E-state index contributed by atoms with van der Waals surface area (Å²) in [7, 11) is 0. The van der Waals surface area contributed by atoms with E-state index in [1.165, 1.54) is 11.3 Å². The van der Waals surface area contributed by atoms with Crippen LogP contribution in [0.25, 0.3) is 27.6 Å². The highest BCUT2D eigenvalue weighted by Gasteiger charge is 2.44. The van der Waals surface area contributed by atoms with Gasteiger partial charge in [0, 0.05) is 16.6 Å². The van der Waals surface area contributed by atoms with Crippen LogP contribution in [0, 0.1) is 5.41 Å². The van der Waals surface area contributed by atoms with E-state index in [1.807, 2.05) is 74.1 Å². The number of aryl methyl sites for hydroxylation is 1. The lowest BCUT2D eigenvalue weighted by atomic mass is 9.89. The highest BCUT2D eigenvalue weighted by Crippen LogP contribution is 2.54. The maximum Gasteiger partial charge on any atom is 0.303 e. The number of hydrogen-bond donors (Lipinski definition) is 2. The van der Waals surface area contributed by atoms with Crippen molar-refractivity contribution in [2.24, 2.45) is 5.41 Å². The predicted octanol–water partition coefficient (Wildman–Crippen LogP) is 9.80. The number of aliphatic hydroxyl groups is 1. The zero-order chi connectivity index (χ0) is 29.4. The van der Waals surface area contributed by atoms with Gasteiger partial charge in [-0.05, 0) is 79.3 Å². The molecule has 2 heterocycles. The molecule has 0 bridgehead atoms. The second-order valence-electron chi connectivity index (χ2n) is 11.4. The number of aliphatic carboxylic acids is 1. The van der Waals surface area contributed by atoms with Crippen LogP contribution in [0.2, 0.25) is 9.36 Å². The van der Waals surface area contributed by atoms with Crippen molar-refractivity contribution in [3.63, 3.8) is 0 Å². The van der Waals surface area contributed by atoms with Gasteiger partial charge < -0.3 is 10.2 Å². The molecule has 1 saturated carbocycles. The fourth-order valence-corrected chi connectivity index (χ4v) is 8.50. The predicted molar refractivity (Wildman–Crippen MR) is 174 cm³/mol. The molecule has 4 aromatic rings. The molecule has 0 aliphatic heterocycles. The van der Waals surface area contributed by atoms with Gasteiger partial charge in [-0.15, -0.1) is 11.3 Å². The van der Waals surface area contributed by atoms with E-state index in [4.69, 9.17) is 28.2 Å². The van der Waals surface area contributed by atoms with Crippen LogP contribution in [-0.4, -0.2) is 26.9 Å². The summed E-state index contributed by atoms with van der Waals surface area (Å²) in [6.07, 6.45) is 5.50. The Kier molecular flexibility index (Phi) is 8.89. The number of benzene rings is 2. The number of pyridine rings is 1. The van der Waals surface area contributed by atoms with Gasteiger partial charge in [-0.1, -0.05) is 78.3 Å². The average molecular weight is 627 g/mol. The number of hydrogen-bond acceptors (Lipinski definition) is 5. The molecule has 2 aromatic heterocycles. The Bertz CT molecular complexity index is 1600. The van der Waals surface area contributed by atoms with Crippen molar-refractivity contribution in [3.05, 3.63) is 92.8 Å². The van der Waals surface area contributed by atoms with E-state index < -0.39 is 11.6 Å². The fraction of sp³-hybridized carbons (Fsp3) is 0.333. The zero-order valence-corrected chi connectivity index (χ0v) is 26.3.